The fourth-order valence-corrected chi connectivity index (χ4v) is 3.86. The fraction of sp³-hybridized carbons (Fsp3) is 0.533. The third-order valence-corrected chi connectivity index (χ3v) is 5.47. The van der Waals surface area contributed by atoms with E-state index in [-0.39, 0.29) is 10.8 Å². The van der Waals surface area contributed by atoms with Crippen LogP contribution in [0.15, 0.2) is 23.1 Å². The Balaban J connectivity index is 2.27. The second kappa shape index (κ2) is 6.36. The average molecular weight is 330 g/mol. The van der Waals surface area contributed by atoms with E-state index in [0.29, 0.717) is 17.0 Å². The van der Waals surface area contributed by atoms with Crippen molar-refractivity contribution in [1.82, 2.24) is 4.90 Å². The second-order valence-electron chi connectivity index (χ2n) is 5.75. The monoisotopic (exact) mass is 329 g/mol. The van der Waals surface area contributed by atoms with Gasteiger partial charge in [-0.3, -0.25) is 4.79 Å². The fourth-order valence-electron chi connectivity index (χ4n) is 2.64. The van der Waals surface area contributed by atoms with Gasteiger partial charge in [0.05, 0.1) is 4.90 Å². The molecule has 0 spiro atoms. The van der Waals surface area contributed by atoms with Gasteiger partial charge in [-0.15, -0.1) is 0 Å². The van der Waals surface area contributed by atoms with Gasteiger partial charge < -0.3 is 4.90 Å². The summed E-state index contributed by atoms with van der Waals surface area (Å²) >= 11 is 0. The Morgan fingerprint density at radius 1 is 1.29 bits per heavy atom. The van der Waals surface area contributed by atoms with Crippen LogP contribution in [0.2, 0.25) is 0 Å². The lowest BCUT2D eigenvalue weighted by Gasteiger charge is -2.21. The number of nitrogens with zero attached hydrogens (tertiary/aromatic N) is 1. The maximum atomic E-state index is 12.5. The van der Waals surface area contributed by atoms with Crippen molar-refractivity contribution in [1.29, 1.82) is 0 Å². The summed E-state index contributed by atoms with van der Waals surface area (Å²) in [5.74, 6) is 0.505. The highest BCUT2D eigenvalue weighted by Gasteiger charge is 2.22. The van der Waals surface area contributed by atoms with E-state index in [1.807, 2.05) is 0 Å². The highest BCUT2D eigenvalue weighted by molar-refractivity contribution is 8.13. The van der Waals surface area contributed by atoms with Crippen molar-refractivity contribution in [3.63, 3.8) is 0 Å². The number of halogens is 1. The zero-order valence-electron chi connectivity index (χ0n) is 12.3. The molecule has 1 amide bonds. The number of likely N-dealkylation sites (tertiary alicyclic amines) is 1. The van der Waals surface area contributed by atoms with Crippen LogP contribution in [0.4, 0.5) is 0 Å². The van der Waals surface area contributed by atoms with Gasteiger partial charge in [-0.1, -0.05) is 13.0 Å². The third kappa shape index (κ3) is 3.98. The van der Waals surface area contributed by atoms with Gasteiger partial charge in [-0.25, -0.2) is 8.42 Å². The highest BCUT2D eigenvalue weighted by atomic mass is 35.7. The lowest BCUT2D eigenvalue weighted by atomic mass is 10.0. The number of aryl methyl sites for hydroxylation is 1. The standard InChI is InChI=1S/C15H20ClNO3S/c1-11-4-3-8-17(9-7-11)15(18)13-6-5-12(2)14(10-13)21(16,19)20/h5-6,10-11H,3-4,7-9H2,1-2H3. The van der Waals surface area contributed by atoms with Crippen molar-refractivity contribution < 1.29 is 13.2 Å². The van der Waals surface area contributed by atoms with Crippen LogP contribution in [0.5, 0.6) is 0 Å². The summed E-state index contributed by atoms with van der Waals surface area (Å²) in [7, 11) is 1.58. The molecule has 1 aromatic rings. The van der Waals surface area contributed by atoms with Crippen molar-refractivity contribution in [2.75, 3.05) is 13.1 Å². The summed E-state index contributed by atoms with van der Waals surface area (Å²) in [6, 6.07) is 4.68. The summed E-state index contributed by atoms with van der Waals surface area (Å²) in [4.78, 5) is 14.4. The Hall–Kier alpha value is -1.07. The van der Waals surface area contributed by atoms with E-state index >= 15 is 0 Å². The molecule has 116 valence electrons. The molecule has 2 rings (SSSR count). The van der Waals surface area contributed by atoms with Crippen molar-refractivity contribution in [3.8, 4) is 0 Å². The Labute approximate surface area is 130 Å². The molecule has 1 unspecified atom stereocenters. The maximum absolute atomic E-state index is 12.5. The largest absolute Gasteiger partial charge is 0.339 e. The predicted octanol–water partition coefficient (Wildman–Crippen LogP) is 3.18. The minimum Gasteiger partial charge on any atom is -0.339 e. The summed E-state index contributed by atoms with van der Waals surface area (Å²) in [6.45, 7) is 5.30. The number of hydrogen-bond donors (Lipinski definition) is 0. The van der Waals surface area contributed by atoms with E-state index in [2.05, 4.69) is 6.92 Å². The van der Waals surface area contributed by atoms with Crippen LogP contribution >= 0.6 is 10.7 Å². The van der Waals surface area contributed by atoms with E-state index in [9.17, 15) is 13.2 Å². The molecule has 1 fully saturated rings. The van der Waals surface area contributed by atoms with E-state index in [1.165, 1.54) is 6.07 Å². The molecule has 1 aliphatic rings. The van der Waals surface area contributed by atoms with Gasteiger partial charge in [0.1, 0.15) is 0 Å². The van der Waals surface area contributed by atoms with Gasteiger partial charge >= 0.3 is 0 Å². The molecule has 0 aromatic heterocycles. The van der Waals surface area contributed by atoms with Crippen molar-refractivity contribution >= 4 is 25.6 Å². The summed E-state index contributed by atoms with van der Waals surface area (Å²) < 4.78 is 23.1. The highest BCUT2D eigenvalue weighted by Crippen LogP contribution is 2.23. The molecular weight excluding hydrogens is 310 g/mol. The lowest BCUT2D eigenvalue weighted by Crippen LogP contribution is -2.32. The van der Waals surface area contributed by atoms with Crippen LogP contribution < -0.4 is 0 Å². The van der Waals surface area contributed by atoms with Gasteiger partial charge in [-0.05, 0) is 49.8 Å². The number of benzene rings is 1. The minimum absolute atomic E-state index is 0.0122. The Morgan fingerprint density at radius 3 is 2.67 bits per heavy atom. The molecule has 0 saturated carbocycles. The zero-order chi connectivity index (χ0) is 15.6. The first kappa shape index (κ1) is 16.3. The van der Waals surface area contributed by atoms with Crippen LogP contribution in [-0.4, -0.2) is 32.3 Å². The molecule has 1 aliphatic heterocycles. The molecule has 21 heavy (non-hydrogen) atoms. The number of carbonyl (C=O) groups excluding carboxylic acids is 1. The van der Waals surface area contributed by atoms with Gasteiger partial charge in [0.25, 0.3) is 15.0 Å². The predicted molar refractivity (Wildman–Crippen MR) is 83.1 cm³/mol. The molecule has 0 aliphatic carbocycles. The molecule has 1 heterocycles. The van der Waals surface area contributed by atoms with Crippen LogP contribution in [0.25, 0.3) is 0 Å². The Kier molecular flexibility index (Phi) is 4.94. The molecular formula is C15H20ClNO3S. The van der Waals surface area contributed by atoms with E-state index in [1.54, 1.807) is 24.0 Å². The van der Waals surface area contributed by atoms with Crippen molar-refractivity contribution in [3.05, 3.63) is 29.3 Å². The van der Waals surface area contributed by atoms with Crippen LogP contribution in [0.1, 0.15) is 42.1 Å². The van der Waals surface area contributed by atoms with Gasteiger partial charge in [-0.2, -0.15) is 0 Å². The molecule has 1 saturated heterocycles. The molecule has 0 radical (unpaired) electrons. The molecule has 0 N–H and O–H groups in total. The lowest BCUT2D eigenvalue weighted by molar-refractivity contribution is 0.0760. The first-order chi connectivity index (χ1) is 9.79. The third-order valence-electron chi connectivity index (χ3n) is 4.00. The molecule has 4 nitrogen and oxygen atoms in total. The molecule has 1 atom stereocenters. The minimum atomic E-state index is -3.83. The van der Waals surface area contributed by atoms with Crippen molar-refractivity contribution in [2.45, 2.75) is 38.0 Å². The zero-order valence-corrected chi connectivity index (χ0v) is 13.9. The first-order valence-corrected chi connectivity index (χ1v) is 9.44. The summed E-state index contributed by atoms with van der Waals surface area (Å²) in [5.41, 5.74) is 0.931. The Bertz CT molecular complexity index is 642. The van der Waals surface area contributed by atoms with Crippen molar-refractivity contribution in [2.24, 2.45) is 5.92 Å². The average Bonchev–Trinajstić information content (AvgIpc) is 2.62. The SMILES string of the molecule is Cc1ccc(C(=O)N2CCCC(C)CC2)cc1S(=O)(=O)Cl. The maximum Gasteiger partial charge on any atom is 0.261 e. The van der Waals surface area contributed by atoms with Crippen LogP contribution in [-0.2, 0) is 9.05 Å². The summed E-state index contributed by atoms with van der Waals surface area (Å²) in [6.07, 6.45) is 3.09. The van der Waals surface area contributed by atoms with E-state index < -0.39 is 9.05 Å². The van der Waals surface area contributed by atoms with Gasteiger partial charge in [0.2, 0.25) is 0 Å². The number of hydrogen-bond acceptors (Lipinski definition) is 3. The molecule has 6 heteroatoms. The summed E-state index contributed by atoms with van der Waals surface area (Å²) in [5, 5.41) is 0. The number of amides is 1. The topological polar surface area (TPSA) is 54.5 Å². The van der Waals surface area contributed by atoms with Crippen LogP contribution in [0.3, 0.4) is 0 Å². The molecule has 1 aromatic carbocycles. The Morgan fingerprint density at radius 2 is 2.00 bits per heavy atom. The van der Waals surface area contributed by atoms with Gasteiger partial charge in [0.15, 0.2) is 0 Å². The molecule has 0 bridgehead atoms. The quantitative estimate of drug-likeness (QED) is 0.783. The van der Waals surface area contributed by atoms with Crippen LogP contribution in [0, 0.1) is 12.8 Å². The second-order valence-corrected chi connectivity index (χ2v) is 8.28. The first-order valence-electron chi connectivity index (χ1n) is 7.13. The van der Waals surface area contributed by atoms with E-state index in [4.69, 9.17) is 10.7 Å². The number of rotatable bonds is 2. The number of carbonyl (C=O) groups is 1. The van der Waals surface area contributed by atoms with E-state index in [0.717, 1.165) is 32.4 Å². The normalized spacial score (nSPS) is 20.1. The smallest absolute Gasteiger partial charge is 0.261 e. The van der Waals surface area contributed by atoms with Gasteiger partial charge in [0, 0.05) is 29.3 Å².